The van der Waals surface area contributed by atoms with Gasteiger partial charge in [0.15, 0.2) is 5.96 Å². The van der Waals surface area contributed by atoms with E-state index in [4.69, 9.17) is 10.5 Å². The summed E-state index contributed by atoms with van der Waals surface area (Å²) < 4.78 is 5.35. The van der Waals surface area contributed by atoms with Gasteiger partial charge in [-0.3, -0.25) is 4.99 Å². The summed E-state index contributed by atoms with van der Waals surface area (Å²) in [7, 11) is 3.72. The number of hydrogen-bond acceptors (Lipinski definition) is 3. The van der Waals surface area contributed by atoms with E-state index in [2.05, 4.69) is 4.99 Å². The molecule has 0 aromatic carbocycles. The lowest BCUT2D eigenvalue weighted by molar-refractivity contribution is 0.0289. The highest BCUT2D eigenvalue weighted by Crippen LogP contribution is 2.19. The zero-order valence-corrected chi connectivity index (χ0v) is 12.6. The van der Waals surface area contributed by atoms with Crippen LogP contribution in [0.5, 0.6) is 0 Å². The van der Waals surface area contributed by atoms with Crippen molar-refractivity contribution < 1.29 is 9.53 Å². The molecule has 1 unspecified atom stereocenters. The molecular formula is C13H26N4O2. The van der Waals surface area contributed by atoms with E-state index in [1.165, 1.54) is 0 Å². The van der Waals surface area contributed by atoms with Gasteiger partial charge in [0, 0.05) is 33.7 Å². The van der Waals surface area contributed by atoms with E-state index in [9.17, 15) is 4.79 Å². The maximum absolute atomic E-state index is 11.9. The van der Waals surface area contributed by atoms with Crippen LogP contribution in [-0.2, 0) is 4.74 Å². The average Bonchev–Trinajstić information content (AvgIpc) is 2.71. The molecule has 1 aliphatic heterocycles. The van der Waals surface area contributed by atoms with Gasteiger partial charge in [0.25, 0.3) is 0 Å². The van der Waals surface area contributed by atoms with Crippen molar-refractivity contribution in [3.05, 3.63) is 0 Å². The highest BCUT2D eigenvalue weighted by molar-refractivity contribution is 5.77. The van der Waals surface area contributed by atoms with E-state index in [-0.39, 0.29) is 6.09 Å². The lowest BCUT2D eigenvalue weighted by Gasteiger charge is -2.24. The van der Waals surface area contributed by atoms with Crippen molar-refractivity contribution in [3.8, 4) is 0 Å². The van der Waals surface area contributed by atoms with Gasteiger partial charge >= 0.3 is 6.09 Å². The number of likely N-dealkylation sites (tertiary alicyclic amines) is 1. The molecule has 0 saturated carbocycles. The monoisotopic (exact) mass is 270 g/mol. The third-order valence-corrected chi connectivity index (χ3v) is 2.91. The molecule has 0 radical (unpaired) electrons. The quantitative estimate of drug-likeness (QED) is 0.603. The van der Waals surface area contributed by atoms with Crippen LogP contribution >= 0.6 is 0 Å². The molecule has 1 aliphatic rings. The molecule has 0 aromatic rings. The molecule has 6 heteroatoms. The largest absolute Gasteiger partial charge is 0.444 e. The molecule has 1 amide bonds. The molecule has 6 nitrogen and oxygen atoms in total. The molecule has 0 spiro atoms. The van der Waals surface area contributed by atoms with Crippen molar-refractivity contribution >= 4 is 12.1 Å². The predicted octanol–water partition coefficient (Wildman–Crippen LogP) is 1.12. The number of carbonyl (C=O) groups excluding carboxylic acids is 1. The van der Waals surface area contributed by atoms with Crippen molar-refractivity contribution in [2.45, 2.75) is 32.8 Å². The number of guanidine groups is 1. The minimum Gasteiger partial charge on any atom is -0.444 e. The second-order valence-electron chi connectivity index (χ2n) is 6.17. The van der Waals surface area contributed by atoms with Gasteiger partial charge < -0.3 is 20.3 Å². The van der Waals surface area contributed by atoms with Gasteiger partial charge in [-0.05, 0) is 33.1 Å². The van der Waals surface area contributed by atoms with Crippen LogP contribution in [0, 0.1) is 5.92 Å². The molecule has 2 N–H and O–H groups in total. The van der Waals surface area contributed by atoms with Crippen molar-refractivity contribution in [3.63, 3.8) is 0 Å². The number of hydrogen-bond donors (Lipinski definition) is 1. The molecular weight excluding hydrogens is 244 g/mol. The number of rotatable bonds is 2. The fourth-order valence-corrected chi connectivity index (χ4v) is 1.84. The first-order valence-corrected chi connectivity index (χ1v) is 6.64. The van der Waals surface area contributed by atoms with Gasteiger partial charge in [0.2, 0.25) is 0 Å². The Kier molecular flexibility index (Phi) is 5.03. The van der Waals surface area contributed by atoms with Crippen LogP contribution in [0.2, 0.25) is 0 Å². The number of nitrogens with two attached hydrogens (primary N) is 1. The number of aliphatic imine (C=N–C) groups is 1. The average molecular weight is 270 g/mol. The normalized spacial score (nSPS) is 20.6. The Balaban J connectivity index is 2.42. The summed E-state index contributed by atoms with van der Waals surface area (Å²) in [6, 6.07) is 0. The van der Waals surface area contributed by atoms with E-state index in [0.29, 0.717) is 25.0 Å². The number of ether oxygens (including phenoxy) is 1. The molecule has 1 fully saturated rings. The van der Waals surface area contributed by atoms with E-state index >= 15 is 0 Å². The smallest absolute Gasteiger partial charge is 0.410 e. The Labute approximate surface area is 115 Å². The van der Waals surface area contributed by atoms with Gasteiger partial charge in [-0.25, -0.2) is 4.79 Å². The van der Waals surface area contributed by atoms with Crippen LogP contribution in [0.3, 0.4) is 0 Å². The SMILES string of the molecule is CN(C)C(N)=NCC1CCN(C(=O)OC(C)(C)C)C1. The molecule has 1 heterocycles. The van der Waals surface area contributed by atoms with Crippen molar-refractivity contribution in [1.82, 2.24) is 9.80 Å². The molecule has 19 heavy (non-hydrogen) atoms. The summed E-state index contributed by atoms with van der Waals surface area (Å²) in [5.74, 6) is 0.890. The third kappa shape index (κ3) is 5.36. The second kappa shape index (κ2) is 6.12. The molecule has 0 bridgehead atoms. The maximum atomic E-state index is 11.9. The summed E-state index contributed by atoms with van der Waals surface area (Å²) in [6.45, 7) is 7.71. The molecule has 110 valence electrons. The highest BCUT2D eigenvalue weighted by atomic mass is 16.6. The summed E-state index contributed by atoms with van der Waals surface area (Å²) >= 11 is 0. The van der Waals surface area contributed by atoms with Crippen LogP contribution in [-0.4, -0.2) is 61.2 Å². The van der Waals surface area contributed by atoms with Gasteiger partial charge in [-0.1, -0.05) is 0 Å². The fraction of sp³-hybridized carbons (Fsp3) is 0.846. The van der Waals surface area contributed by atoms with Gasteiger partial charge in [-0.15, -0.1) is 0 Å². The van der Waals surface area contributed by atoms with Crippen LogP contribution in [0.4, 0.5) is 4.79 Å². The zero-order valence-electron chi connectivity index (χ0n) is 12.6. The standard InChI is InChI=1S/C13H26N4O2/c1-13(2,3)19-12(18)17-7-6-10(9-17)8-15-11(14)16(4)5/h10H,6-9H2,1-5H3,(H2,14,15). The maximum Gasteiger partial charge on any atom is 0.410 e. The molecule has 1 atom stereocenters. The summed E-state index contributed by atoms with van der Waals surface area (Å²) in [4.78, 5) is 19.7. The molecule has 1 rings (SSSR count). The van der Waals surface area contributed by atoms with E-state index < -0.39 is 5.60 Å². The van der Waals surface area contributed by atoms with E-state index in [1.807, 2.05) is 34.9 Å². The minimum absolute atomic E-state index is 0.237. The first-order valence-electron chi connectivity index (χ1n) is 6.64. The van der Waals surface area contributed by atoms with Gasteiger partial charge in [-0.2, -0.15) is 0 Å². The van der Waals surface area contributed by atoms with Gasteiger partial charge in [0.05, 0.1) is 0 Å². The lowest BCUT2D eigenvalue weighted by Crippen LogP contribution is -2.35. The Morgan fingerprint density at radius 1 is 1.47 bits per heavy atom. The summed E-state index contributed by atoms with van der Waals surface area (Å²) in [5.41, 5.74) is 5.30. The predicted molar refractivity (Wildman–Crippen MR) is 76.1 cm³/mol. The third-order valence-electron chi connectivity index (χ3n) is 2.91. The fourth-order valence-electron chi connectivity index (χ4n) is 1.84. The van der Waals surface area contributed by atoms with E-state index in [0.717, 1.165) is 13.0 Å². The first kappa shape index (κ1) is 15.6. The minimum atomic E-state index is -0.442. The zero-order chi connectivity index (χ0) is 14.6. The number of carbonyl (C=O) groups is 1. The Hall–Kier alpha value is -1.46. The Morgan fingerprint density at radius 2 is 2.11 bits per heavy atom. The van der Waals surface area contributed by atoms with Crippen molar-refractivity contribution in [2.24, 2.45) is 16.6 Å². The summed E-state index contributed by atoms with van der Waals surface area (Å²) in [6.07, 6.45) is 0.711. The molecule has 0 aromatic heterocycles. The summed E-state index contributed by atoms with van der Waals surface area (Å²) in [5, 5.41) is 0. The topological polar surface area (TPSA) is 71.2 Å². The Bertz CT molecular complexity index is 347. The number of amides is 1. The molecule has 1 saturated heterocycles. The molecule has 0 aliphatic carbocycles. The van der Waals surface area contributed by atoms with Gasteiger partial charge in [0.1, 0.15) is 5.60 Å². The van der Waals surface area contributed by atoms with Crippen LogP contribution < -0.4 is 5.73 Å². The van der Waals surface area contributed by atoms with Crippen molar-refractivity contribution in [1.29, 1.82) is 0 Å². The first-order chi connectivity index (χ1) is 8.69. The van der Waals surface area contributed by atoms with Crippen LogP contribution in [0.1, 0.15) is 27.2 Å². The Morgan fingerprint density at radius 3 is 2.63 bits per heavy atom. The van der Waals surface area contributed by atoms with Crippen LogP contribution in [0.15, 0.2) is 4.99 Å². The van der Waals surface area contributed by atoms with Crippen molar-refractivity contribution in [2.75, 3.05) is 33.7 Å². The highest BCUT2D eigenvalue weighted by Gasteiger charge is 2.29. The lowest BCUT2D eigenvalue weighted by atomic mass is 10.1. The van der Waals surface area contributed by atoms with E-state index in [1.54, 1.807) is 9.80 Å². The van der Waals surface area contributed by atoms with Crippen LogP contribution in [0.25, 0.3) is 0 Å². The second-order valence-corrected chi connectivity index (χ2v) is 6.17. The number of nitrogens with zero attached hydrogens (tertiary/aromatic N) is 3.